The standard InChI is InChI=1S/C19H29N5OS/c1-3-16-11-17(25)24-18(20-16)26-19(21-24)23-8-4-5-15(13-23)12-22-9-6-14(2)7-10-22/h11,14-15H,3-10,12-13H2,1-2H3. The Bertz CT molecular complexity index is 808. The zero-order chi connectivity index (χ0) is 18.1. The number of rotatable bonds is 4. The van der Waals surface area contributed by atoms with E-state index >= 15 is 0 Å². The van der Waals surface area contributed by atoms with Crippen LogP contribution >= 0.6 is 11.3 Å². The topological polar surface area (TPSA) is 53.7 Å². The predicted molar refractivity (Wildman–Crippen MR) is 106 cm³/mol. The summed E-state index contributed by atoms with van der Waals surface area (Å²) in [7, 11) is 0. The van der Waals surface area contributed by atoms with Crippen molar-refractivity contribution < 1.29 is 0 Å². The van der Waals surface area contributed by atoms with Crippen LogP contribution in [0.5, 0.6) is 0 Å². The van der Waals surface area contributed by atoms with Crippen LogP contribution in [0.2, 0.25) is 0 Å². The molecule has 7 heteroatoms. The fourth-order valence-corrected chi connectivity index (χ4v) is 5.11. The Labute approximate surface area is 158 Å². The van der Waals surface area contributed by atoms with Gasteiger partial charge in [-0.1, -0.05) is 25.2 Å². The lowest BCUT2D eigenvalue weighted by Gasteiger charge is -2.37. The minimum absolute atomic E-state index is 0.0645. The molecule has 0 radical (unpaired) electrons. The van der Waals surface area contributed by atoms with Gasteiger partial charge >= 0.3 is 0 Å². The third-order valence-corrected chi connectivity index (χ3v) is 6.80. The Kier molecular flexibility index (Phi) is 5.27. The van der Waals surface area contributed by atoms with Crippen molar-refractivity contribution in [2.24, 2.45) is 11.8 Å². The number of nitrogens with zero attached hydrogens (tertiary/aromatic N) is 5. The van der Waals surface area contributed by atoms with Crippen molar-refractivity contribution in [1.82, 2.24) is 19.5 Å². The quantitative estimate of drug-likeness (QED) is 0.822. The molecule has 1 atom stereocenters. The summed E-state index contributed by atoms with van der Waals surface area (Å²) in [5.41, 5.74) is 0.784. The van der Waals surface area contributed by atoms with Gasteiger partial charge in [0, 0.05) is 31.4 Å². The van der Waals surface area contributed by atoms with Crippen LogP contribution in [0.15, 0.2) is 10.9 Å². The van der Waals surface area contributed by atoms with Crippen molar-refractivity contribution in [3.05, 3.63) is 22.1 Å². The molecular weight excluding hydrogens is 346 g/mol. The molecule has 0 aliphatic carbocycles. The first kappa shape index (κ1) is 17.9. The summed E-state index contributed by atoms with van der Waals surface area (Å²) >= 11 is 1.55. The van der Waals surface area contributed by atoms with Crippen molar-refractivity contribution in [1.29, 1.82) is 0 Å². The number of likely N-dealkylation sites (tertiary alicyclic amines) is 1. The van der Waals surface area contributed by atoms with Crippen molar-refractivity contribution in [2.45, 2.75) is 46.0 Å². The molecule has 2 fully saturated rings. The van der Waals surface area contributed by atoms with E-state index in [1.165, 1.54) is 49.8 Å². The van der Waals surface area contributed by atoms with Crippen LogP contribution in [0.1, 0.15) is 45.2 Å². The van der Waals surface area contributed by atoms with Crippen molar-refractivity contribution in [2.75, 3.05) is 37.6 Å². The molecule has 0 saturated carbocycles. The molecule has 0 N–H and O–H groups in total. The highest BCUT2D eigenvalue weighted by Gasteiger charge is 2.26. The van der Waals surface area contributed by atoms with Gasteiger partial charge in [-0.15, -0.1) is 5.10 Å². The highest BCUT2D eigenvalue weighted by Crippen LogP contribution is 2.28. The SMILES string of the molecule is CCc1cc(=O)n2nc(N3CCCC(CN4CCC(C)CC4)C3)sc2n1. The molecule has 142 valence electrons. The van der Waals surface area contributed by atoms with Crippen molar-refractivity contribution in [3.8, 4) is 0 Å². The fraction of sp³-hybridized carbons (Fsp3) is 0.737. The average Bonchev–Trinajstić information content (AvgIpc) is 3.09. The van der Waals surface area contributed by atoms with Gasteiger partial charge in [-0.3, -0.25) is 4.79 Å². The second kappa shape index (κ2) is 7.64. The Morgan fingerprint density at radius 1 is 1.23 bits per heavy atom. The zero-order valence-electron chi connectivity index (χ0n) is 15.9. The first-order chi connectivity index (χ1) is 12.6. The number of aromatic nitrogens is 3. The molecule has 2 aliphatic rings. The van der Waals surface area contributed by atoms with Crippen LogP contribution in [-0.4, -0.2) is 52.2 Å². The van der Waals surface area contributed by atoms with E-state index in [9.17, 15) is 4.79 Å². The number of aryl methyl sites for hydroxylation is 1. The molecule has 0 amide bonds. The van der Waals surface area contributed by atoms with E-state index in [1.54, 1.807) is 17.4 Å². The number of piperidine rings is 2. The van der Waals surface area contributed by atoms with E-state index in [0.717, 1.165) is 41.2 Å². The predicted octanol–water partition coefficient (Wildman–Crippen LogP) is 2.66. The molecule has 26 heavy (non-hydrogen) atoms. The lowest BCUT2D eigenvalue weighted by atomic mass is 9.94. The number of hydrogen-bond donors (Lipinski definition) is 0. The van der Waals surface area contributed by atoms with Crippen LogP contribution in [0, 0.1) is 11.8 Å². The van der Waals surface area contributed by atoms with Gasteiger partial charge in [0.1, 0.15) is 0 Å². The lowest BCUT2D eigenvalue weighted by Crippen LogP contribution is -2.43. The Morgan fingerprint density at radius 2 is 2.04 bits per heavy atom. The molecule has 2 aromatic rings. The first-order valence-corrected chi connectivity index (χ1v) is 10.8. The minimum Gasteiger partial charge on any atom is -0.346 e. The van der Waals surface area contributed by atoms with Gasteiger partial charge in [0.25, 0.3) is 5.56 Å². The maximum atomic E-state index is 12.2. The Hall–Kier alpha value is -1.47. The number of anilines is 1. The van der Waals surface area contributed by atoms with Gasteiger partial charge < -0.3 is 9.80 Å². The van der Waals surface area contributed by atoms with Crippen LogP contribution in [0.4, 0.5) is 5.13 Å². The van der Waals surface area contributed by atoms with E-state index in [0.29, 0.717) is 5.92 Å². The summed E-state index contributed by atoms with van der Waals surface area (Å²) in [6, 6.07) is 1.60. The third-order valence-electron chi connectivity index (χ3n) is 5.83. The van der Waals surface area contributed by atoms with Gasteiger partial charge in [-0.05, 0) is 57.0 Å². The highest BCUT2D eigenvalue weighted by atomic mass is 32.1. The fourth-order valence-electron chi connectivity index (χ4n) is 4.15. The first-order valence-electron chi connectivity index (χ1n) is 9.99. The molecule has 4 rings (SSSR count). The van der Waals surface area contributed by atoms with Crippen LogP contribution in [-0.2, 0) is 6.42 Å². The molecule has 4 heterocycles. The molecule has 2 aliphatic heterocycles. The van der Waals surface area contributed by atoms with Crippen LogP contribution in [0.25, 0.3) is 4.96 Å². The van der Waals surface area contributed by atoms with Crippen LogP contribution < -0.4 is 10.5 Å². The highest BCUT2D eigenvalue weighted by molar-refractivity contribution is 7.20. The van der Waals surface area contributed by atoms with Crippen molar-refractivity contribution >= 4 is 21.4 Å². The minimum atomic E-state index is -0.0645. The molecule has 0 aromatic carbocycles. The summed E-state index contributed by atoms with van der Waals surface area (Å²) in [4.78, 5) is 22.6. The molecule has 0 spiro atoms. The second-order valence-electron chi connectivity index (χ2n) is 7.96. The third kappa shape index (κ3) is 3.78. The van der Waals surface area contributed by atoms with E-state index in [2.05, 4.69) is 26.8 Å². The normalized spacial score (nSPS) is 23.0. The van der Waals surface area contributed by atoms with E-state index in [4.69, 9.17) is 0 Å². The van der Waals surface area contributed by atoms with Gasteiger partial charge in [0.2, 0.25) is 10.1 Å². The maximum absolute atomic E-state index is 12.2. The van der Waals surface area contributed by atoms with E-state index < -0.39 is 0 Å². The van der Waals surface area contributed by atoms with Crippen molar-refractivity contribution in [3.63, 3.8) is 0 Å². The van der Waals surface area contributed by atoms with Gasteiger partial charge in [0.05, 0.1) is 0 Å². The summed E-state index contributed by atoms with van der Waals surface area (Å²) < 4.78 is 1.47. The summed E-state index contributed by atoms with van der Waals surface area (Å²) in [5.74, 6) is 1.58. The summed E-state index contributed by atoms with van der Waals surface area (Å²) in [6.45, 7) is 10.2. The molecule has 2 aromatic heterocycles. The molecular formula is C19H29N5OS. The van der Waals surface area contributed by atoms with Gasteiger partial charge in [0.15, 0.2) is 0 Å². The molecule has 0 bridgehead atoms. The molecule has 6 nitrogen and oxygen atoms in total. The summed E-state index contributed by atoms with van der Waals surface area (Å²) in [5, 5.41) is 5.52. The van der Waals surface area contributed by atoms with E-state index in [-0.39, 0.29) is 5.56 Å². The van der Waals surface area contributed by atoms with Gasteiger partial charge in [-0.2, -0.15) is 4.52 Å². The molecule has 2 saturated heterocycles. The number of hydrogen-bond acceptors (Lipinski definition) is 6. The monoisotopic (exact) mass is 375 g/mol. The zero-order valence-corrected chi connectivity index (χ0v) is 16.7. The summed E-state index contributed by atoms with van der Waals surface area (Å²) in [6.07, 6.45) is 5.95. The Morgan fingerprint density at radius 3 is 2.81 bits per heavy atom. The average molecular weight is 376 g/mol. The lowest BCUT2D eigenvalue weighted by molar-refractivity contribution is 0.159. The Balaban J connectivity index is 1.46. The van der Waals surface area contributed by atoms with E-state index in [1.807, 2.05) is 6.92 Å². The van der Waals surface area contributed by atoms with Gasteiger partial charge in [-0.25, -0.2) is 4.98 Å². The van der Waals surface area contributed by atoms with Crippen LogP contribution in [0.3, 0.4) is 0 Å². The number of fused-ring (bicyclic) bond motifs is 1. The maximum Gasteiger partial charge on any atom is 0.275 e. The molecule has 1 unspecified atom stereocenters. The smallest absolute Gasteiger partial charge is 0.275 e. The second-order valence-corrected chi connectivity index (χ2v) is 8.89. The largest absolute Gasteiger partial charge is 0.346 e.